The molecule has 132 valence electrons. The summed E-state index contributed by atoms with van der Waals surface area (Å²) >= 11 is 0. The van der Waals surface area contributed by atoms with Crippen LogP contribution in [0.3, 0.4) is 0 Å². The summed E-state index contributed by atoms with van der Waals surface area (Å²) in [5, 5.41) is 15.7. The molecule has 9 nitrogen and oxygen atoms in total. The van der Waals surface area contributed by atoms with Gasteiger partial charge in [-0.2, -0.15) is 20.2 Å². The van der Waals surface area contributed by atoms with Gasteiger partial charge in [0.05, 0.1) is 0 Å². The molecule has 0 radical (unpaired) electrons. The van der Waals surface area contributed by atoms with Crippen LogP contribution in [0.25, 0.3) is 0 Å². The van der Waals surface area contributed by atoms with E-state index in [1.165, 1.54) is 9.80 Å². The van der Waals surface area contributed by atoms with E-state index in [1.807, 2.05) is 33.9 Å². The fourth-order valence-corrected chi connectivity index (χ4v) is 1.91. The monoisotopic (exact) mass is 334 g/mol. The van der Waals surface area contributed by atoms with Crippen molar-refractivity contribution < 1.29 is 4.79 Å². The standard InChI is InChI=1S/C15H26N8O/c1-9(2)17-13-19-14(18-10(3)4)21-15(20-13)23(8-16)11(5)12(24)22(6)7/h9-11H,1-7H3,(H2,17,18,19,20,21)/t11-/m1/s1. The molecule has 1 atom stereocenters. The molecule has 1 rings (SSSR count). The van der Waals surface area contributed by atoms with E-state index < -0.39 is 6.04 Å². The van der Waals surface area contributed by atoms with Gasteiger partial charge in [-0.05, 0) is 34.6 Å². The molecule has 0 aliphatic heterocycles. The second-order valence-electron chi connectivity index (χ2n) is 6.26. The Morgan fingerprint density at radius 3 is 1.79 bits per heavy atom. The lowest BCUT2D eigenvalue weighted by Gasteiger charge is -2.24. The van der Waals surface area contributed by atoms with Crippen LogP contribution in [0.5, 0.6) is 0 Å². The summed E-state index contributed by atoms with van der Waals surface area (Å²) < 4.78 is 0. The van der Waals surface area contributed by atoms with Crippen LogP contribution in [0.1, 0.15) is 34.6 Å². The topological polar surface area (TPSA) is 110 Å². The number of nitrogens with zero attached hydrogens (tertiary/aromatic N) is 6. The van der Waals surface area contributed by atoms with Gasteiger partial charge in [0.1, 0.15) is 6.04 Å². The minimum atomic E-state index is -0.716. The van der Waals surface area contributed by atoms with Gasteiger partial charge in [0.25, 0.3) is 0 Å². The first-order chi connectivity index (χ1) is 11.1. The van der Waals surface area contributed by atoms with Gasteiger partial charge in [-0.25, -0.2) is 4.90 Å². The Balaban J connectivity index is 3.27. The number of rotatable bonds is 7. The normalized spacial score (nSPS) is 11.8. The predicted molar refractivity (Wildman–Crippen MR) is 93.6 cm³/mol. The highest BCUT2D eigenvalue weighted by molar-refractivity contribution is 5.84. The molecule has 24 heavy (non-hydrogen) atoms. The van der Waals surface area contributed by atoms with E-state index >= 15 is 0 Å². The van der Waals surface area contributed by atoms with Gasteiger partial charge in [0.2, 0.25) is 23.8 Å². The largest absolute Gasteiger partial charge is 0.352 e. The first kappa shape index (κ1) is 19.4. The third-order valence-corrected chi connectivity index (χ3v) is 2.97. The molecule has 0 aliphatic carbocycles. The summed E-state index contributed by atoms with van der Waals surface area (Å²) in [4.78, 5) is 27.6. The Morgan fingerprint density at radius 2 is 1.46 bits per heavy atom. The number of anilines is 3. The van der Waals surface area contributed by atoms with Gasteiger partial charge in [-0.1, -0.05) is 0 Å². The lowest BCUT2D eigenvalue weighted by atomic mass is 10.3. The highest BCUT2D eigenvalue weighted by atomic mass is 16.2. The third kappa shape index (κ3) is 5.22. The average molecular weight is 334 g/mol. The van der Waals surface area contributed by atoms with Crippen molar-refractivity contribution in [1.29, 1.82) is 5.26 Å². The lowest BCUT2D eigenvalue weighted by Crippen LogP contribution is -2.43. The van der Waals surface area contributed by atoms with Gasteiger partial charge < -0.3 is 15.5 Å². The lowest BCUT2D eigenvalue weighted by molar-refractivity contribution is -0.129. The molecule has 0 saturated heterocycles. The van der Waals surface area contributed by atoms with Crippen molar-refractivity contribution in [2.45, 2.75) is 52.7 Å². The van der Waals surface area contributed by atoms with Gasteiger partial charge in [-0.15, -0.1) is 0 Å². The summed E-state index contributed by atoms with van der Waals surface area (Å²) in [7, 11) is 3.28. The van der Waals surface area contributed by atoms with Crippen molar-refractivity contribution in [3.05, 3.63) is 0 Å². The highest BCUT2D eigenvalue weighted by Crippen LogP contribution is 2.17. The van der Waals surface area contributed by atoms with Gasteiger partial charge >= 0.3 is 0 Å². The quantitative estimate of drug-likeness (QED) is 0.567. The molecular formula is C15H26N8O. The summed E-state index contributed by atoms with van der Waals surface area (Å²) in [5.41, 5.74) is 0. The summed E-state index contributed by atoms with van der Waals surface area (Å²) in [6, 6.07) is -0.488. The number of nitriles is 1. The number of carbonyl (C=O) groups is 1. The highest BCUT2D eigenvalue weighted by Gasteiger charge is 2.26. The van der Waals surface area contributed by atoms with Crippen LogP contribution in [0.2, 0.25) is 0 Å². The van der Waals surface area contributed by atoms with Crippen LogP contribution in [0, 0.1) is 11.5 Å². The van der Waals surface area contributed by atoms with E-state index in [2.05, 4.69) is 25.6 Å². The second kappa shape index (κ2) is 8.29. The first-order valence-corrected chi connectivity index (χ1v) is 7.85. The van der Waals surface area contributed by atoms with E-state index in [9.17, 15) is 10.1 Å². The number of likely N-dealkylation sites (N-methyl/N-ethyl adjacent to an activating group) is 1. The minimum absolute atomic E-state index is 0.114. The summed E-state index contributed by atoms with van der Waals surface area (Å²) in [5.74, 6) is 0.612. The number of amides is 1. The van der Waals surface area contributed by atoms with Crippen LogP contribution < -0.4 is 15.5 Å². The number of carbonyl (C=O) groups excluding carboxylic acids is 1. The van der Waals surface area contributed by atoms with Crippen molar-refractivity contribution in [1.82, 2.24) is 19.9 Å². The van der Waals surface area contributed by atoms with E-state index in [-0.39, 0.29) is 23.9 Å². The van der Waals surface area contributed by atoms with E-state index in [1.54, 1.807) is 21.0 Å². The van der Waals surface area contributed by atoms with Crippen LogP contribution >= 0.6 is 0 Å². The molecule has 1 aromatic heterocycles. The van der Waals surface area contributed by atoms with E-state index in [0.29, 0.717) is 11.9 Å². The molecule has 0 bridgehead atoms. The first-order valence-electron chi connectivity index (χ1n) is 7.85. The molecule has 0 fully saturated rings. The number of hydrogen-bond donors (Lipinski definition) is 2. The zero-order valence-corrected chi connectivity index (χ0v) is 15.3. The molecule has 1 aromatic rings. The number of aromatic nitrogens is 3. The molecule has 0 saturated carbocycles. The summed E-state index contributed by atoms with van der Waals surface area (Å²) in [6.45, 7) is 9.47. The molecule has 1 amide bonds. The number of nitrogens with one attached hydrogen (secondary N) is 2. The average Bonchev–Trinajstić information content (AvgIpc) is 2.45. The SMILES string of the molecule is CC(C)Nc1nc(NC(C)C)nc(N(C#N)[C@H](C)C(=O)N(C)C)n1. The maximum Gasteiger partial charge on any atom is 0.246 e. The van der Waals surface area contributed by atoms with Crippen LogP contribution in [-0.4, -0.2) is 58.0 Å². The smallest absolute Gasteiger partial charge is 0.246 e. The van der Waals surface area contributed by atoms with Crippen LogP contribution in [-0.2, 0) is 4.79 Å². The van der Waals surface area contributed by atoms with E-state index in [0.717, 1.165) is 0 Å². The minimum Gasteiger partial charge on any atom is -0.352 e. The molecule has 0 spiro atoms. The van der Waals surface area contributed by atoms with Crippen LogP contribution in [0.4, 0.5) is 17.8 Å². The predicted octanol–water partition coefficient (Wildman–Crippen LogP) is 1.28. The van der Waals surface area contributed by atoms with E-state index in [4.69, 9.17) is 0 Å². The Morgan fingerprint density at radius 1 is 1.00 bits per heavy atom. The Kier molecular flexibility index (Phi) is 6.70. The summed E-state index contributed by atoms with van der Waals surface area (Å²) in [6.07, 6.45) is 1.99. The fourth-order valence-electron chi connectivity index (χ4n) is 1.91. The van der Waals surface area contributed by atoms with Gasteiger partial charge in [0, 0.05) is 26.2 Å². The van der Waals surface area contributed by atoms with Gasteiger partial charge in [-0.3, -0.25) is 4.79 Å². The molecule has 0 aromatic carbocycles. The maximum absolute atomic E-state index is 12.2. The maximum atomic E-state index is 12.2. The fraction of sp³-hybridized carbons (Fsp3) is 0.667. The molecule has 0 unspecified atom stereocenters. The van der Waals surface area contributed by atoms with Crippen molar-refractivity contribution >= 4 is 23.8 Å². The molecule has 2 N–H and O–H groups in total. The number of hydrogen-bond acceptors (Lipinski definition) is 8. The van der Waals surface area contributed by atoms with Gasteiger partial charge in [0.15, 0.2) is 6.19 Å². The molecular weight excluding hydrogens is 308 g/mol. The molecule has 0 aliphatic rings. The zero-order valence-electron chi connectivity index (χ0n) is 15.3. The zero-order chi connectivity index (χ0) is 18.4. The van der Waals surface area contributed by atoms with Crippen molar-refractivity contribution in [2.24, 2.45) is 0 Å². The second-order valence-corrected chi connectivity index (χ2v) is 6.26. The molecule has 1 heterocycles. The molecule has 9 heteroatoms. The Labute approximate surface area is 143 Å². The van der Waals surface area contributed by atoms with Crippen molar-refractivity contribution in [3.63, 3.8) is 0 Å². The third-order valence-electron chi connectivity index (χ3n) is 2.97. The van der Waals surface area contributed by atoms with Crippen molar-refractivity contribution in [2.75, 3.05) is 29.6 Å². The Bertz CT molecular complexity index is 580. The Hall–Kier alpha value is -2.63. The van der Waals surface area contributed by atoms with Crippen molar-refractivity contribution in [3.8, 4) is 6.19 Å². The van der Waals surface area contributed by atoms with Crippen LogP contribution in [0.15, 0.2) is 0 Å².